The summed E-state index contributed by atoms with van der Waals surface area (Å²) in [7, 11) is 0. The molecular weight excluding hydrogens is 843 g/mol. The first-order chi connectivity index (χ1) is 33.9. The third kappa shape index (κ3) is 6.45. The van der Waals surface area contributed by atoms with E-state index in [-0.39, 0.29) is 16.2 Å². The topological polar surface area (TPSA) is 3.24 Å². The first-order valence-corrected chi connectivity index (χ1v) is 24.9. The van der Waals surface area contributed by atoms with Gasteiger partial charge in [-0.15, -0.1) is 0 Å². The highest BCUT2D eigenvalue weighted by atomic mass is 15.1. The highest BCUT2D eigenvalue weighted by Gasteiger charge is 2.39. The van der Waals surface area contributed by atoms with Gasteiger partial charge in [0.2, 0.25) is 0 Å². The zero-order valence-corrected chi connectivity index (χ0v) is 40.8. The molecule has 0 unspecified atom stereocenters. The monoisotopic (exact) mass is 897 g/mol. The first kappa shape index (κ1) is 42.1. The Hall–Kier alpha value is -8.00. The van der Waals surface area contributed by atoms with Gasteiger partial charge in [0.25, 0.3) is 0 Å². The summed E-state index contributed by atoms with van der Waals surface area (Å²) in [4.78, 5) is 2.48. The Kier molecular flexibility index (Phi) is 9.33. The second kappa shape index (κ2) is 15.5. The summed E-state index contributed by atoms with van der Waals surface area (Å²) in [6.45, 7) is 14.3. The van der Waals surface area contributed by atoms with E-state index in [4.69, 9.17) is 0 Å². The van der Waals surface area contributed by atoms with E-state index in [1.807, 2.05) is 0 Å². The number of hydrogen-bond acceptors (Lipinski definition) is 1. The van der Waals surface area contributed by atoms with Gasteiger partial charge in [0.15, 0.2) is 0 Å². The fourth-order valence-corrected chi connectivity index (χ4v) is 12.4. The summed E-state index contributed by atoms with van der Waals surface area (Å²) in [5.41, 5.74) is 29.2. The molecule has 0 heterocycles. The van der Waals surface area contributed by atoms with E-state index >= 15 is 0 Å². The average molecular weight is 898 g/mol. The van der Waals surface area contributed by atoms with E-state index in [9.17, 15) is 0 Å². The van der Waals surface area contributed by atoms with Crippen molar-refractivity contribution in [1.29, 1.82) is 0 Å². The van der Waals surface area contributed by atoms with Crippen LogP contribution in [0, 0.1) is 0 Å². The third-order valence-corrected chi connectivity index (χ3v) is 16.3. The lowest BCUT2D eigenvalue weighted by Crippen LogP contribution is -2.18. The van der Waals surface area contributed by atoms with Crippen LogP contribution in [0.1, 0.15) is 74.9 Å². The molecule has 1 heteroatoms. The molecule has 0 amide bonds. The molecule has 0 spiro atoms. The number of fused-ring (bicyclic) bond motifs is 9. The molecule has 10 aromatic rings. The molecule has 3 aliphatic rings. The minimum Gasteiger partial charge on any atom is -0.310 e. The highest BCUT2D eigenvalue weighted by molar-refractivity contribution is 5.90. The quantitative estimate of drug-likeness (QED) is 0.154. The summed E-state index contributed by atoms with van der Waals surface area (Å²) < 4.78 is 0. The molecule has 0 bridgehead atoms. The Morgan fingerprint density at radius 1 is 0.214 bits per heavy atom. The number of anilines is 3. The summed E-state index contributed by atoms with van der Waals surface area (Å²) in [5.74, 6) is 0. The number of benzene rings is 10. The van der Waals surface area contributed by atoms with Crippen LogP contribution >= 0.6 is 0 Å². The van der Waals surface area contributed by atoms with Crippen molar-refractivity contribution in [2.75, 3.05) is 4.90 Å². The molecule has 0 fully saturated rings. The largest absolute Gasteiger partial charge is 0.310 e. The fourth-order valence-electron chi connectivity index (χ4n) is 12.4. The molecule has 0 N–H and O–H groups in total. The van der Waals surface area contributed by atoms with Crippen LogP contribution in [0.25, 0.3) is 77.9 Å². The van der Waals surface area contributed by atoms with Gasteiger partial charge in [-0.05, 0) is 160 Å². The van der Waals surface area contributed by atoms with Crippen LogP contribution in [-0.4, -0.2) is 0 Å². The van der Waals surface area contributed by atoms with Gasteiger partial charge in [-0.2, -0.15) is 0 Å². The van der Waals surface area contributed by atoms with Crippen molar-refractivity contribution in [3.63, 3.8) is 0 Å². The van der Waals surface area contributed by atoms with Crippen LogP contribution < -0.4 is 4.90 Å². The standard InChI is InChI=1S/C69H55N/c1-67(2)61-18-12-10-16-55(61)57-36-30-51(40-63(57)67)49-28-32-52(33-29-49)70(53-34-38-59-56-17-11-13-19-62(56)68(3,4)65(59)42-53)54-35-39-60-58-37-31-50(41-64(58)69(5,6)66(60)43-54)48-26-24-47(25-27-48)46-22-20-45(21-23-46)44-14-8-7-9-15-44/h7-43H,1-6H3. The predicted molar refractivity (Wildman–Crippen MR) is 296 cm³/mol. The Bertz CT molecular complexity index is 3700. The molecule has 0 saturated heterocycles. The van der Waals surface area contributed by atoms with Gasteiger partial charge in [0.1, 0.15) is 0 Å². The number of nitrogens with zero attached hydrogens (tertiary/aromatic N) is 1. The molecule has 0 aromatic heterocycles. The molecule has 0 radical (unpaired) electrons. The molecule has 10 aromatic carbocycles. The smallest absolute Gasteiger partial charge is 0.0465 e. The van der Waals surface area contributed by atoms with Crippen molar-refractivity contribution in [2.24, 2.45) is 0 Å². The molecule has 0 saturated carbocycles. The molecule has 0 aliphatic heterocycles. The molecule has 3 aliphatic carbocycles. The maximum atomic E-state index is 2.48. The zero-order chi connectivity index (χ0) is 47.5. The minimum atomic E-state index is -0.213. The summed E-state index contributed by atoms with van der Waals surface area (Å²) in [5, 5.41) is 0. The van der Waals surface area contributed by atoms with E-state index in [1.54, 1.807) is 0 Å². The van der Waals surface area contributed by atoms with Crippen LogP contribution in [0.4, 0.5) is 17.1 Å². The van der Waals surface area contributed by atoms with Crippen LogP contribution in [0.15, 0.2) is 224 Å². The molecular formula is C69H55N. The fraction of sp³-hybridized carbons (Fsp3) is 0.130. The molecule has 336 valence electrons. The molecule has 70 heavy (non-hydrogen) atoms. The average Bonchev–Trinajstić information content (AvgIpc) is 3.88. The van der Waals surface area contributed by atoms with Gasteiger partial charge in [-0.25, -0.2) is 0 Å². The van der Waals surface area contributed by atoms with E-state index < -0.39 is 0 Å². The van der Waals surface area contributed by atoms with E-state index in [2.05, 4.69) is 271 Å². The first-order valence-electron chi connectivity index (χ1n) is 24.9. The van der Waals surface area contributed by atoms with Crippen LogP contribution in [0.2, 0.25) is 0 Å². The SMILES string of the molecule is CC1(C)c2ccccc2-c2ccc(-c3ccc(N(c4ccc5c(c4)C(C)(C)c4ccccc4-5)c4ccc5c(c4)C(C)(C)c4cc(-c6ccc(-c7ccc(-c8ccccc8)cc7)cc6)ccc4-5)cc3)cc21. The van der Waals surface area contributed by atoms with Crippen molar-refractivity contribution in [2.45, 2.75) is 57.8 Å². The van der Waals surface area contributed by atoms with Crippen LogP contribution in [-0.2, 0) is 16.2 Å². The van der Waals surface area contributed by atoms with Crippen LogP contribution in [0.5, 0.6) is 0 Å². The maximum Gasteiger partial charge on any atom is 0.0465 e. The number of hydrogen-bond donors (Lipinski definition) is 0. The second-order valence-corrected chi connectivity index (χ2v) is 21.3. The van der Waals surface area contributed by atoms with Gasteiger partial charge in [0, 0.05) is 33.3 Å². The lowest BCUT2D eigenvalue weighted by Gasteiger charge is -2.30. The molecule has 1 nitrogen and oxygen atoms in total. The van der Waals surface area contributed by atoms with Crippen molar-refractivity contribution in [3.05, 3.63) is 258 Å². The van der Waals surface area contributed by atoms with Gasteiger partial charge in [-0.3, -0.25) is 0 Å². The molecule has 13 rings (SSSR count). The van der Waals surface area contributed by atoms with Crippen LogP contribution in [0.3, 0.4) is 0 Å². The van der Waals surface area contributed by atoms with Gasteiger partial charge >= 0.3 is 0 Å². The lowest BCUT2D eigenvalue weighted by atomic mass is 9.81. The van der Waals surface area contributed by atoms with Gasteiger partial charge in [0.05, 0.1) is 0 Å². The normalized spacial score (nSPS) is 14.8. The number of rotatable bonds is 7. The highest BCUT2D eigenvalue weighted by Crippen LogP contribution is 2.54. The predicted octanol–water partition coefficient (Wildman–Crippen LogP) is 18.7. The zero-order valence-electron chi connectivity index (χ0n) is 40.8. The Labute approximate surface area is 413 Å². The molecule has 0 atom stereocenters. The Morgan fingerprint density at radius 3 is 0.914 bits per heavy atom. The van der Waals surface area contributed by atoms with Crippen molar-refractivity contribution >= 4 is 17.1 Å². The summed E-state index contributed by atoms with van der Waals surface area (Å²) in [6, 6.07) is 84.1. The summed E-state index contributed by atoms with van der Waals surface area (Å²) >= 11 is 0. The second-order valence-electron chi connectivity index (χ2n) is 21.3. The van der Waals surface area contributed by atoms with E-state index in [0.717, 1.165) is 17.1 Å². The van der Waals surface area contributed by atoms with Crippen molar-refractivity contribution in [1.82, 2.24) is 0 Å². The Balaban J connectivity index is 0.851. The lowest BCUT2D eigenvalue weighted by molar-refractivity contribution is 0.660. The Morgan fingerprint density at radius 2 is 0.486 bits per heavy atom. The maximum absolute atomic E-state index is 2.48. The minimum absolute atomic E-state index is 0.0506. The summed E-state index contributed by atoms with van der Waals surface area (Å²) in [6.07, 6.45) is 0. The van der Waals surface area contributed by atoms with Crippen molar-refractivity contribution < 1.29 is 0 Å². The van der Waals surface area contributed by atoms with E-state index in [0.29, 0.717) is 0 Å². The van der Waals surface area contributed by atoms with Gasteiger partial charge < -0.3 is 4.90 Å². The third-order valence-electron chi connectivity index (χ3n) is 16.3. The van der Waals surface area contributed by atoms with Crippen molar-refractivity contribution in [3.8, 4) is 77.9 Å². The van der Waals surface area contributed by atoms with Gasteiger partial charge in [-0.1, -0.05) is 217 Å². The van der Waals surface area contributed by atoms with E-state index in [1.165, 1.54) is 111 Å².